The molecule has 0 atom stereocenters. The maximum Gasteiger partial charge on any atom is 0.0546 e. The van der Waals surface area contributed by atoms with Gasteiger partial charge in [0.05, 0.1) is 11.4 Å². The molecule has 0 fully saturated rings. The molecule has 0 bridgehead atoms. The van der Waals surface area contributed by atoms with E-state index in [1.807, 2.05) is 0 Å². The van der Waals surface area contributed by atoms with E-state index in [1.165, 1.54) is 43.1 Å². The van der Waals surface area contributed by atoms with Crippen molar-refractivity contribution in [2.24, 2.45) is 0 Å². The Hall–Kier alpha value is -7.16. The van der Waals surface area contributed by atoms with E-state index in [9.17, 15) is 0 Å². The highest BCUT2D eigenvalue weighted by Gasteiger charge is 2.20. The van der Waals surface area contributed by atoms with Gasteiger partial charge in [-0.2, -0.15) is 0 Å². The summed E-state index contributed by atoms with van der Waals surface area (Å²) in [5.74, 6) is 0. The highest BCUT2D eigenvalue weighted by atomic mass is 15.1. The summed E-state index contributed by atoms with van der Waals surface area (Å²) in [6, 6.07) is 78.9. The molecule has 0 unspecified atom stereocenters. The number of para-hydroxylation sites is 2. The van der Waals surface area contributed by atoms with Crippen LogP contribution in [0, 0.1) is 0 Å². The first kappa shape index (κ1) is 31.6. The third-order valence-electron chi connectivity index (χ3n) is 10.5. The lowest BCUT2D eigenvalue weighted by molar-refractivity contribution is 1.29. The molecule has 54 heavy (non-hydrogen) atoms. The molecule has 0 saturated carbocycles. The molecule has 0 aromatic heterocycles. The number of fused-ring (bicyclic) bond motifs is 6. The molecule has 10 rings (SSSR count). The van der Waals surface area contributed by atoms with Crippen LogP contribution in [-0.2, 0) is 0 Å². The van der Waals surface area contributed by atoms with Crippen LogP contribution >= 0.6 is 0 Å². The van der Waals surface area contributed by atoms with Crippen LogP contribution in [0.2, 0.25) is 0 Å². The van der Waals surface area contributed by atoms with Crippen molar-refractivity contribution in [1.82, 2.24) is 0 Å². The van der Waals surface area contributed by atoms with Gasteiger partial charge >= 0.3 is 0 Å². The number of nitrogens with zero attached hydrogens (tertiary/aromatic N) is 2. The van der Waals surface area contributed by atoms with Gasteiger partial charge in [-0.15, -0.1) is 0 Å². The van der Waals surface area contributed by atoms with Crippen LogP contribution in [0.5, 0.6) is 0 Å². The predicted molar refractivity (Wildman–Crippen MR) is 231 cm³/mol. The number of rotatable bonds is 7. The minimum absolute atomic E-state index is 1.10. The van der Waals surface area contributed by atoms with Gasteiger partial charge in [-0.3, -0.25) is 0 Å². The third-order valence-corrected chi connectivity index (χ3v) is 10.5. The fraction of sp³-hybridized carbons (Fsp3) is 0. The molecule has 0 aliphatic carbocycles. The van der Waals surface area contributed by atoms with Gasteiger partial charge in [0.1, 0.15) is 0 Å². The molecule has 0 aliphatic heterocycles. The summed E-state index contributed by atoms with van der Waals surface area (Å²) < 4.78 is 0. The highest BCUT2D eigenvalue weighted by Crippen LogP contribution is 2.45. The van der Waals surface area contributed by atoms with Gasteiger partial charge < -0.3 is 9.80 Å². The van der Waals surface area contributed by atoms with Crippen molar-refractivity contribution >= 4 is 77.2 Å². The molecule has 0 amide bonds. The molecule has 10 aromatic carbocycles. The molecule has 2 heteroatoms. The maximum absolute atomic E-state index is 2.40. The molecule has 0 aliphatic rings. The predicted octanol–water partition coefficient (Wildman–Crippen LogP) is 14.9. The van der Waals surface area contributed by atoms with Gasteiger partial charge in [0.25, 0.3) is 0 Å². The zero-order valence-electron chi connectivity index (χ0n) is 29.7. The van der Waals surface area contributed by atoms with E-state index in [2.05, 4.69) is 228 Å². The average molecular weight is 689 g/mol. The fourth-order valence-corrected chi connectivity index (χ4v) is 8.10. The lowest BCUT2D eigenvalue weighted by Gasteiger charge is -2.29. The Balaban J connectivity index is 1.14. The van der Waals surface area contributed by atoms with E-state index in [-0.39, 0.29) is 0 Å². The first-order chi connectivity index (χ1) is 26.8. The molecule has 10 aromatic rings. The molecule has 2 nitrogen and oxygen atoms in total. The van der Waals surface area contributed by atoms with Crippen LogP contribution in [0.3, 0.4) is 0 Å². The first-order valence-corrected chi connectivity index (χ1v) is 18.5. The summed E-state index contributed by atoms with van der Waals surface area (Å²) in [6.07, 6.45) is 0. The minimum Gasteiger partial charge on any atom is -0.310 e. The van der Waals surface area contributed by atoms with E-state index in [0.29, 0.717) is 0 Å². The summed E-state index contributed by atoms with van der Waals surface area (Å²) in [4.78, 5) is 4.80. The van der Waals surface area contributed by atoms with Crippen molar-refractivity contribution in [3.8, 4) is 11.1 Å². The van der Waals surface area contributed by atoms with Gasteiger partial charge in [-0.25, -0.2) is 0 Å². The Kier molecular flexibility index (Phi) is 7.85. The van der Waals surface area contributed by atoms with Gasteiger partial charge in [-0.1, -0.05) is 158 Å². The Bertz CT molecular complexity index is 2750. The molecule has 0 N–H and O–H groups in total. The van der Waals surface area contributed by atoms with Crippen LogP contribution in [0.15, 0.2) is 218 Å². The Morgan fingerprint density at radius 3 is 0.981 bits per heavy atom. The maximum atomic E-state index is 2.40. The summed E-state index contributed by atoms with van der Waals surface area (Å²) in [7, 11) is 0. The zero-order chi connectivity index (χ0) is 35.8. The van der Waals surface area contributed by atoms with E-state index in [4.69, 9.17) is 0 Å². The number of anilines is 6. The average Bonchev–Trinajstić information content (AvgIpc) is 3.25. The SMILES string of the molecule is c1ccc(N(c2cccc(-c3cccc(N(c4ccccc4)c4cc5ccccc5c5ccccc45)c3)c2)c2cc3ccccc3c3ccccc23)cc1. The molecule has 254 valence electrons. The third kappa shape index (κ3) is 5.53. The van der Waals surface area contributed by atoms with Gasteiger partial charge in [0.15, 0.2) is 0 Å². The van der Waals surface area contributed by atoms with E-state index < -0.39 is 0 Å². The second kappa shape index (κ2) is 13.4. The summed E-state index contributed by atoms with van der Waals surface area (Å²) in [5, 5.41) is 9.89. The monoisotopic (exact) mass is 688 g/mol. The molecular formula is C52H36N2. The number of benzene rings is 10. The van der Waals surface area contributed by atoms with Crippen molar-refractivity contribution in [3.05, 3.63) is 218 Å². The van der Waals surface area contributed by atoms with Crippen molar-refractivity contribution in [3.63, 3.8) is 0 Å². The highest BCUT2D eigenvalue weighted by molar-refractivity contribution is 6.16. The molecule has 0 spiro atoms. The van der Waals surface area contributed by atoms with Crippen molar-refractivity contribution in [2.75, 3.05) is 9.80 Å². The van der Waals surface area contributed by atoms with E-state index >= 15 is 0 Å². The minimum atomic E-state index is 1.10. The smallest absolute Gasteiger partial charge is 0.0546 e. The quantitative estimate of drug-likeness (QED) is 0.154. The summed E-state index contributed by atoms with van der Waals surface area (Å²) >= 11 is 0. The van der Waals surface area contributed by atoms with Gasteiger partial charge in [0, 0.05) is 33.5 Å². The second-order valence-electron chi connectivity index (χ2n) is 13.8. The molecule has 0 radical (unpaired) electrons. The fourth-order valence-electron chi connectivity index (χ4n) is 8.10. The molecular weight excluding hydrogens is 653 g/mol. The normalized spacial score (nSPS) is 11.3. The Labute approximate surface area is 315 Å². The topological polar surface area (TPSA) is 6.48 Å². The summed E-state index contributed by atoms with van der Waals surface area (Å²) in [5.41, 5.74) is 9.03. The number of hydrogen-bond acceptors (Lipinski definition) is 2. The number of hydrogen-bond donors (Lipinski definition) is 0. The Morgan fingerprint density at radius 1 is 0.222 bits per heavy atom. The van der Waals surface area contributed by atoms with Crippen LogP contribution in [-0.4, -0.2) is 0 Å². The standard InChI is InChI=1S/C52H36N2/c1-3-21-41(22-4-1)53(51-35-39-17-7-9-27-45(39)47-29-11-13-31-49(47)51)43-25-15-19-37(33-43)38-20-16-26-44(34-38)54(42-23-5-2-6-24-42)52-36-40-18-8-10-28-46(40)48-30-12-14-32-50(48)52/h1-36H. The van der Waals surface area contributed by atoms with Crippen LogP contribution in [0.4, 0.5) is 34.1 Å². The first-order valence-electron chi connectivity index (χ1n) is 18.5. The van der Waals surface area contributed by atoms with Crippen molar-refractivity contribution in [1.29, 1.82) is 0 Å². The van der Waals surface area contributed by atoms with E-state index in [0.717, 1.165) is 45.3 Å². The summed E-state index contributed by atoms with van der Waals surface area (Å²) in [6.45, 7) is 0. The van der Waals surface area contributed by atoms with Crippen molar-refractivity contribution in [2.45, 2.75) is 0 Å². The van der Waals surface area contributed by atoms with Crippen LogP contribution < -0.4 is 9.80 Å². The van der Waals surface area contributed by atoms with Crippen LogP contribution in [0.25, 0.3) is 54.2 Å². The van der Waals surface area contributed by atoms with Gasteiger partial charge in [0.2, 0.25) is 0 Å². The molecule has 0 saturated heterocycles. The largest absolute Gasteiger partial charge is 0.310 e. The Morgan fingerprint density at radius 2 is 0.556 bits per heavy atom. The lowest BCUT2D eigenvalue weighted by Crippen LogP contribution is -2.11. The van der Waals surface area contributed by atoms with E-state index in [1.54, 1.807) is 0 Å². The van der Waals surface area contributed by atoms with Crippen molar-refractivity contribution < 1.29 is 0 Å². The van der Waals surface area contributed by atoms with Gasteiger partial charge in [-0.05, 0) is 104 Å². The second-order valence-corrected chi connectivity index (χ2v) is 13.8. The van der Waals surface area contributed by atoms with Crippen LogP contribution in [0.1, 0.15) is 0 Å². The zero-order valence-corrected chi connectivity index (χ0v) is 29.7. The lowest BCUT2D eigenvalue weighted by atomic mass is 9.98. The molecule has 0 heterocycles.